The molecular formula is C28H30F3N3O3S. The summed E-state index contributed by atoms with van der Waals surface area (Å²) in [4.78, 5) is 30.0. The van der Waals surface area contributed by atoms with E-state index in [9.17, 15) is 22.8 Å². The van der Waals surface area contributed by atoms with E-state index in [0.29, 0.717) is 23.8 Å². The smallest absolute Gasteiger partial charge is 0.416 e. The molecule has 4 rings (SSSR count). The topological polar surface area (TPSA) is 80.3 Å². The lowest BCUT2D eigenvalue weighted by atomic mass is 9.90. The van der Waals surface area contributed by atoms with Crippen molar-refractivity contribution in [3.8, 4) is 5.75 Å². The molecule has 10 heteroatoms. The number of carbonyl (C=O) groups is 2. The number of halogens is 3. The van der Waals surface area contributed by atoms with Crippen LogP contribution in [0.15, 0.2) is 53.9 Å². The van der Waals surface area contributed by atoms with Crippen molar-refractivity contribution in [2.45, 2.75) is 70.3 Å². The maximum Gasteiger partial charge on any atom is 0.416 e. The molecule has 1 aliphatic carbocycles. The second kappa shape index (κ2) is 12.0. The van der Waals surface area contributed by atoms with Gasteiger partial charge in [-0.3, -0.25) is 9.59 Å². The van der Waals surface area contributed by atoms with Crippen molar-refractivity contribution in [2.75, 3.05) is 0 Å². The van der Waals surface area contributed by atoms with Gasteiger partial charge < -0.3 is 15.4 Å². The summed E-state index contributed by atoms with van der Waals surface area (Å²) in [5, 5.41) is 8.20. The van der Waals surface area contributed by atoms with E-state index >= 15 is 0 Å². The molecule has 1 heterocycles. The Morgan fingerprint density at radius 2 is 1.58 bits per heavy atom. The average Bonchev–Trinajstić information content (AvgIpc) is 3.38. The van der Waals surface area contributed by atoms with Crippen LogP contribution in [0.25, 0.3) is 0 Å². The molecule has 2 N–H and O–H groups in total. The van der Waals surface area contributed by atoms with Crippen LogP contribution in [-0.2, 0) is 12.8 Å². The number of hydrogen-bond donors (Lipinski definition) is 2. The van der Waals surface area contributed by atoms with Crippen LogP contribution in [0.4, 0.5) is 13.2 Å². The van der Waals surface area contributed by atoms with Crippen molar-refractivity contribution in [2.24, 2.45) is 0 Å². The predicted molar refractivity (Wildman–Crippen MR) is 139 cm³/mol. The SMILES string of the molecule is CC(C)c1ccc(OCc2nc(C(=O)N[C@H]3CCCC[C@@H]3NC(=O)c3ccc(C(F)(F)F)cc3)cs2)cc1. The average molecular weight is 546 g/mol. The van der Waals surface area contributed by atoms with E-state index < -0.39 is 17.6 Å². The van der Waals surface area contributed by atoms with Crippen LogP contribution in [0.5, 0.6) is 5.75 Å². The Balaban J connectivity index is 1.32. The Labute approximate surface area is 223 Å². The van der Waals surface area contributed by atoms with Gasteiger partial charge in [0.25, 0.3) is 11.8 Å². The molecule has 1 aliphatic rings. The first-order chi connectivity index (χ1) is 18.1. The summed E-state index contributed by atoms with van der Waals surface area (Å²) in [5.41, 5.74) is 0.829. The fraction of sp³-hybridized carbons (Fsp3) is 0.393. The van der Waals surface area contributed by atoms with Crippen LogP contribution < -0.4 is 15.4 Å². The monoisotopic (exact) mass is 545 g/mol. The first-order valence-corrected chi connectivity index (χ1v) is 13.4. The van der Waals surface area contributed by atoms with E-state index in [4.69, 9.17) is 4.74 Å². The van der Waals surface area contributed by atoms with Gasteiger partial charge in [0.2, 0.25) is 0 Å². The van der Waals surface area contributed by atoms with E-state index in [1.807, 2.05) is 24.3 Å². The molecule has 0 unspecified atom stereocenters. The van der Waals surface area contributed by atoms with Gasteiger partial charge in [0, 0.05) is 23.0 Å². The molecule has 1 saturated carbocycles. The number of alkyl halides is 3. The first-order valence-electron chi connectivity index (χ1n) is 12.6. The van der Waals surface area contributed by atoms with Gasteiger partial charge in [0.15, 0.2) is 0 Å². The van der Waals surface area contributed by atoms with Crippen molar-refractivity contribution in [1.29, 1.82) is 0 Å². The predicted octanol–water partition coefficient (Wildman–Crippen LogP) is 6.34. The normalized spacial score (nSPS) is 17.7. The second-order valence-electron chi connectivity index (χ2n) is 9.66. The second-order valence-corrected chi connectivity index (χ2v) is 10.6. The molecule has 0 spiro atoms. The molecule has 6 nitrogen and oxygen atoms in total. The number of carbonyl (C=O) groups excluding carboxylic acids is 2. The van der Waals surface area contributed by atoms with E-state index in [0.717, 1.165) is 42.9 Å². The Morgan fingerprint density at radius 1 is 0.974 bits per heavy atom. The number of hydrogen-bond acceptors (Lipinski definition) is 5. The zero-order chi connectivity index (χ0) is 27.3. The Morgan fingerprint density at radius 3 is 2.16 bits per heavy atom. The number of aromatic nitrogens is 1. The molecule has 202 valence electrons. The van der Waals surface area contributed by atoms with Crippen molar-refractivity contribution >= 4 is 23.2 Å². The van der Waals surface area contributed by atoms with Crippen molar-refractivity contribution in [3.05, 3.63) is 81.3 Å². The summed E-state index contributed by atoms with van der Waals surface area (Å²) in [7, 11) is 0. The van der Waals surface area contributed by atoms with Crippen LogP contribution in [0.1, 0.15) is 82.4 Å². The quantitative estimate of drug-likeness (QED) is 0.346. The number of nitrogens with one attached hydrogen (secondary N) is 2. The molecule has 0 saturated heterocycles. The van der Waals surface area contributed by atoms with E-state index in [1.165, 1.54) is 16.9 Å². The summed E-state index contributed by atoms with van der Waals surface area (Å²) < 4.78 is 44.2. The fourth-order valence-electron chi connectivity index (χ4n) is 4.36. The number of ether oxygens (including phenoxy) is 1. The van der Waals surface area contributed by atoms with Crippen LogP contribution in [0.2, 0.25) is 0 Å². The van der Waals surface area contributed by atoms with Crippen LogP contribution in [-0.4, -0.2) is 28.9 Å². The third kappa shape index (κ3) is 7.12. The third-order valence-corrected chi connectivity index (χ3v) is 7.39. The summed E-state index contributed by atoms with van der Waals surface area (Å²) in [6.07, 6.45) is -1.36. The van der Waals surface area contributed by atoms with Crippen LogP contribution in [0.3, 0.4) is 0 Å². The van der Waals surface area contributed by atoms with Gasteiger partial charge in [0.1, 0.15) is 23.1 Å². The van der Waals surface area contributed by atoms with Crippen LogP contribution >= 0.6 is 11.3 Å². The minimum atomic E-state index is -4.46. The van der Waals surface area contributed by atoms with Crippen molar-refractivity contribution < 1.29 is 27.5 Å². The lowest BCUT2D eigenvalue weighted by Gasteiger charge is -2.32. The molecule has 0 bridgehead atoms. The van der Waals surface area contributed by atoms with Gasteiger partial charge in [-0.2, -0.15) is 13.2 Å². The maximum absolute atomic E-state index is 12.9. The minimum Gasteiger partial charge on any atom is -0.486 e. The van der Waals surface area contributed by atoms with E-state index in [-0.39, 0.29) is 35.9 Å². The van der Waals surface area contributed by atoms with Crippen molar-refractivity contribution in [3.63, 3.8) is 0 Å². The van der Waals surface area contributed by atoms with Gasteiger partial charge in [0.05, 0.1) is 5.56 Å². The van der Waals surface area contributed by atoms with Gasteiger partial charge in [-0.25, -0.2) is 4.98 Å². The number of rotatable bonds is 8. The molecule has 38 heavy (non-hydrogen) atoms. The Hall–Kier alpha value is -3.40. The highest BCUT2D eigenvalue weighted by Crippen LogP contribution is 2.29. The van der Waals surface area contributed by atoms with E-state index in [1.54, 1.807) is 5.38 Å². The summed E-state index contributed by atoms with van der Waals surface area (Å²) in [6, 6.07) is 11.3. The highest BCUT2D eigenvalue weighted by atomic mass is 32.1. The molecule has 2 amide bonds. The van der Waals surface area contributed by atoms with Crippen LogP contribution in [0, 0.1) is 0 Å². The summed E-state index contributed by atoms with van der Waals surface area (Å²) >= 11 is 1.33. The lowest BCUT2D eigenvalue weighted by molar-refractivity contribution is -0.137. The van der Waals surface area contributed by atoms with Gasteiger partial charge in [-0.15, -0.1) is 11.3 Å². The van der Waals surface area contributed by atoms with Crippen molar-refractivity contribution in [1.82, 2.24) is 15.6 Å². The third-order valence-electron chi connectivity index (χ3n) is 6.57. The Bertz CT molecular complexity index is 1240. The van der Waals surface area contributed by atoms with Gasteiger partial charge >= 0.3 is 6.18 Å². The zero-order valence-electron chi connectivity index (χ0n) is 21.2. The molecule has 0 radical (unpaired) electrons. The number of thiazole rings is 1. The highest BCUT2D eigenvalue weighted by molar-refractivity contribution is 7.09. The highest BCUT2D eigenvalue weighted by Gasteiger charge is 2.31. The number of nitrogens with zero attached hydrogens (tertiary/aromatic N) is 1. The minimum absolute atomic E-state index is 0.136. The largest absolute Gasteiger partial charge is 0.486 e. The standard InChI is InChI=1S/C28H30F3N3O3S/c1-17(2)18-9-13-21(14-10-18)37-15-25-32-24(16-38-25)27(36)34-23-6-4-3-5-22(23)33-26(35)19-7-11-20(12-8-19)28(29,30)31/h7-14,16-17,22-23H,3-6,15H2,1-2H3,(H,33,35)(H,34,36)/t22-,23-/m0/s1. The Kier molecular flexibility index (Phi) is 8.71. The van der Waals surface area contributed by atoms with Gasteiger partial charge in [-0.05, 0) is 60.7 Å². The lowest BCUT2D eigenvalue weighted by Crippen LogP contribution is -2.53. The molecule has 1 fully saturated rings. The van der Waals surface area contributed by atoms with E-state index in [2.05, 4.69) is 29.5 Å². The molecule has 1 aromatic heterocycles. The molecule has 0 aliphatic heterocycles. The molecule has 2 atom stereocenters. The molecule has 3 aromatic rings. The summed E-state index contributed by atoms with van der Waals surface area (Å²) in [6.45, 7) is 4.50. The zero-order valence-corrected chi connectivity index (χ0v) is 22.0. The number of benzene rings is 2. The molecular weight excluding hydrogens is 515 g/mol. The van der Waals surface area contributed by atoms with Gasteiger partial charge in [-0.1, -0.05) is 38.8 Å². The molecule has 2 aromatic carbocycles. The first kappa shape index (κ1) is 27.6. The maximum atomic E-state index is 12.9. The fourth-order valence-corrected chi connectivity index (χ4v) is 5.04. The number of amides is 2. The summed E-state index contributed by atoms with van der Waals surface area (Å²) in [5.74, 6) is 0.351.